The topological polar surface area (TPSA) is 122 Å². The number of ether oxygens (including phenoxy) is 2. The number of benzene rings is 2. The van der Waals surface area contributed by atoms with Crippen LogP contribution < -0.4 is 10.5 Å². The van der Waals surface area contributed by atoms with Gasteiger partial charge in [-0.1, -0.05) is 30.3 Å². The van der Waals surface area contributed by atoms with Crippen LogP contribution in [0.25, 0.3) is 0 Å². The van der Waals surface area contributed by atoms with Crippen LogP contribution in [0.5, 0.6) is 5.75 Å². The molecule has 2 aromatic rings. The number of primary amides is 1. The lowest BCUT2D eigenvalue weighted by Crippen LogP contribution is -2.55. The second kappa shape index (κ2) is 11.9. The van der Waals surface area contributed by atoms with Crippen molar-refractivity contribution in [3.63, 3.8) is 0 Å². The van der Waals surface area contributed by atoms with Crippen LogP contribution >= 0.6 is 0 Å². The number of carbonyl (C=O) groups excluding carboxylic acids is 4. The zero-order chi connectivity index (χ0) is 29.1. The molecule has 0 bridgehead atoms. The number of hydrogen-bond acceptors (Lipinski definition) is 7. The van der Waals surface area contributed by atoms with Gasteiger partial charge in [0.1, 0.15) is 17.9 Å². The van der Waals surface area contributed by atoms with Crippen molar-refractivity contribution in [1.29, 1.82) is 0 Å². The molecule has 218 valence electrons. The van der Waals surface area contributed by atoms with E-state index in [1.165, 1.54) is 17.6 Å². The summed E-state index contributed by atoms with van der Waals surface area (Å²) in [6.45, 7) is 6.26. The highest BCUT2D eigenvalue weighted by molar-refractivity contribution is 6.02. The van der Waals surface area contributed by atoms with Crippen molar-refractivity contribution >= 4 is 23.7 Å². The summed E-state index contributed by atoms with van der Waals surface area (Å²) in [7, 11) is 1.28. The molecule has 3 amide bonds. The van der Waals surface area contributed by atoms with Crippen LogP contribution in [0.2, 0.25) is 0 Å². The smallest absolute Gasteiger partial charge is 0.305 e. The van der Waals surface area contributed by atoms with E-state index in [2.05, 4.69) is 17.0 Å². The van der Waals surface area contributed by atoms with Gasteiger partial charge < -0.3 is 25.0 Å². The zero-order valence-electron chi connectivity index (χ0n) is 23.8. The first-order chi connectivity index (χ1) is 19.7. The third-order valence-electron chi connectivity index (χ3n) is 8.53. The van der Waals surface area contributed by atoms with Crippen LogP contribution in [0.1, 0.15) is 59.7 Å². The normalized spacial score (nSPS) is 18.5. The van der Waals surface area contributed by atoms with Crippen LogP contribution in [-0.4, -0.2) is 77.2 Å². The van der Waals surface area contributed by atoms with Crippen molar-refractivity contribution in [3.05, 3.63) is 64.7 Å². The van der Waals surface area contributed by atoms with E-state index in [-0.39, 0.29) is 31.2 Å². The minimum atomic E-state index is -1.35. The molecule has 10 heteroatoms. The third kappa shape index (κ3) is 6.22. The van der Waals surface area contributed by atoms with E-state index >= 15 is 0 Å². The Morgan fingerprint density at radius 2 is 1.68 bits per heavy atom. The monoisotopic (exact) mass is 562 g/mol. The highest BCUT2D eigenvalue weighted by Crippen LogP contribution is 2.37. The Morgan fingerprint density at radius 3 is 2.32 bits per heavy atom. The SMILES string of the molecule is COC(=O)CCC(C)(C(N)=O)N1Cc2c(OCc3ccc(CN4CCN(C(=O)C5CC5)CC4)cc3)cccc2C1=O. The number of piperazine rings is 1. The predicted molar refractivity (Wildman–Crippen MR) is 151 cm³/mol. The molecule has 2 aliphatic heterocycles. The number of fused-ring (bicyclic) bond motifs is 1. The lowest BCUT2D eigenvalue weighted by atomic mass is 9.92. The van der Waals surface area contributed by atoms with Gasteiger partial charge in [-0.05, 0) is 49.4 Å². The maximum Gasteiger partial charge on any atom is 0.305 e. The molecule has 41 heavy (non-hydrogen) atoms. The summed E-state index contributed by atoms with van der Waals surface area (Å²) in [4.78, 5) is 55.6. The third-order valence-corrected chi connectivity index (χ3v) is 8.53. The lowest BCUT2D eigenvalue weighted by Gasteiger charge is -2.35. The van der Waals surface area contributed by atoms with E-state index in [4.69, 9.17) is 15.2 Å². The first kappa shape index (κ1) is 28.6. The molecule has 1 saturated carbocycles. The predicted octanol–water partition coefficient (Wildman–Crippen LogP) is 2.47. The van der Waals surface area contributed by atoms with E-state index in [9.17, 15) is 19.2 Å². The van der Waals surface area contributed by atoms with Gasteiger partial charge in [0, 0.05) is 56.2 Å². The molecule has 5 rings (SSSR count). The molecule has 0 aromatic heterocycles. The number of rotatable bonds is 11. The molecule has 3 aliphatic rings. The van der Waals surface area contributed by atoms with Crippen LogP contribution in [0.4, 0.5) is 0 Å². The molecule has 2 fully saturated rings. The summed E-state index contributed by atoms with van der Waals surface area (Å²) in [5, 5.41) is 0. The number of esters is 1. The van der Waals surface area contributed by atoms with Gasteiger partial charge in [0.2, 0.25) is 11.8 Å². The Hall–Kier alpha value is -3.92. The molecule has 2 heterocycles. The fourth-order valence-corrected chi connectivity index (χ4v) is 5.55. The number of carbonyl (C=O) groups is 4. The van der Waals surface area contributed by atoms with Crippen molar-refractivity contribution in [2.75, 3.05) is 33.3 Å². The molecule has 2 aromatic carbocycles. The Kier molecular flexibility index (Phi) is 8.30. The number of amides is 3. The van der Waals surface area contributed by atoms with E-state index in [0.717, 1.165) is 51.1 Å². The summed E-state index contributed by atoms with van der Waals surface area (Å²) in [5.41, 5.74) is 7.72. The number of methoxy groups -OCH3 is 1. The van der Waals surface area contributed by atoms with Crippen molar-refractivity contribution in [2.45, 2.75) is 57.8 Å². The van der Waals surface area contributed by atoms with E-state index in [1.54, 1.807) is 19.1 Å². The van der Waals surface area contributed by atoms with Gasteiger partial charge in [0.25, 0.3) is 5.91 Å². The summed E-state index contributed by atoms with van der Waals surface area (Å²) in [6, 6.07) is 13.6. The molecule has 0 radical (unpaired) electrons. The quantitative estimate of drug-likeness (QED) is 0.418. The summed E-state index contributed by atoms with van der Waals surface area (Å²) in [6.07, 6.45) is 2.12. The minimum Gasteiger partial charge on any atom is -0.489 e. The molecule has 10 nitrogen and oxygen atoms in total. The van der Waals surface area contributed by atoms with Crippen LogP contribution in [0, 0.1) is 5.92 Å². The Morgan fingerprint density at radius 1 is 1.00 bits per heavy atom. The highest BCUT2D eigenvalue weighted by atomic mass is 16.5. The standard InChI is InChI=1S/C31H38N4O6/c1-31(30(32)39,13-12-27(36)40-2)35-19-25-24(29(35)38)4-3-5-26(25)41-20-22-8-6-21(7-9-22)18-33-14-16-34(17-15-33)28(37)23-10-11-23/h3-9,23H,10-20H2,1-2H3,(H2,32,39). The highest BCUT2D eigenvalue weighted by Gasteiger charge is 2.45. The van der Waals surface area contributed by atoms with Crippen molar-refractivity contribution in [1.82, 2.24) is 14.7 Å². The number of nitrogens with two attached hydrogens (primary N) is 1. The Labute approximate surface area is 240 Å². The van der Waals surface area contributed by atoms with Gasteiger partial charge in [-0.15, -0.1) is 0 Å². The van der Waals surface area contributed by atoms with E-state index < -0.39 is 17.4 Å². The first-order valence-electron chi connectivity index (χ1n) is 14.2. The summed E-state index contributed by atoms with van der Waals surface area (Å²) in [5.74, 6) is -0.297. The fourth-order valence-electron chi connectivity index (χ4n) is 5.55. The molecule has 2 N–H and O–H groups in total. The van der Waals surface area contributed by atoms with Crippen LogP contribution in [0.3, 0.4) is 0 Å². The number of hydrogen-bond donors (Lipinski definition) is 1. The van der Waals surface area contributed by atoms with Gasteiger partial charge in [0.15, 0.2) is 0 Å². The average molecular weight is 563 g/mol. The maximum atomic E-state index is 13.3. The molecule has 1 saturated heterocycles. The van der Waals surface area contributed by atoms with E-state index in [0.29, 0.717) is 29.4 Å². The lowest BCUT2D eigenvalue weighted by molar-refractivity contribution is -0.142. The van der Waals surface area contributed by atoms with E-state index in [1.807, 2.05) is 23.1 Å². The molecule has 1 aliphatic carbocycles. The fraction of sp³-hybridized carbons (Fsp3) is 0.484. The van der Waals surface area contributed by atoms with Crippen LogP contribution in [0.15, 0.2) is 42.5 Å². The van der Waals surface area contributed by atoms with Crippen molar-refractivity contribution < 1.29 is 28.7 Å². The second-order valence-corrected chi connectivity index (χ2v) is 11.4. The zero-order valence-corrected chi connectivity index (χ0v) is 23.8. The van der Waals surface area contributed by atoms with Gasteiger partial charge in [-0.25, -0.2) is 0 Å². The second-order valence-electron chi connectivity index (χ2n) is 11.4. The molecule has 1 atom stereocenters. The Bertz CT molecular complexity index is 1320. The van der Waals surface area contributed by atoms with Crippen LogP contribution in [-0.2, 0) is 38.8 Å². The number of nitrogens with zero attached hydrogens (tertiary/aromatic N) is 3. The minimum absolute atomic E-state index is 0.0360. The van der Waals surface area contributed by atoms with Gasteiger partial charge >= 0.3 is 5.97 Å². The molecule has 0 spiro atoms. The van der Waals surface area contributed by atoms with Gasteiger partial charge in [-0.2, -0.15) is 0 Å². The molecular weight excluding hydrogens is 524 g/mol. The Balaban J connectivity index is 1.17. The largest absolute Gasteiger partial charge is 0.489 e. The average Bonchev–Trinajstić information content (AvgIpc) is 3.78. The van der Waals surface area contributed by atoms with Gasteiger partial charge in [0.05, 0.1) is 13.7 Å². The van der Waals surface area contributed by atoms with Crippen molar-refractivity contribution in [2.24, 2.45) is 11.7 Å². The van der Waals surface area contributed by atoms with Gasteiger partial charge in [-0.3, -0.25) is 24.1 Å². The maximum absolute atomic E-state index is 13.3. The van der Waals surface area contributed by atoms with Crippen molar-refractivity contribution in [3.8, 4) is 5.75 Å². The molecular formula is C31H38N4O6. The first-order valence-corrected chi connectivity index (χ1v) is 14.2. The molecule has 1 unspecified atom stereocenters. The summed E-state index contributed by atoms with van der Waals surface area (Å²) >= 11 is 0. The summed E-state index contributed by atoms with van der Waals surface area (Å²) < 4.78 is 10.9.